The van der Waals surface area contributed by atoms with Gasteiger partial charge in [0.05, 0.1) is 11.0 Å². The first-order chi connectivity index (χ1) is 6.30. The SMILES string of the molecule is CC(Cl)C1(CCS(=O)(=O)C(C)C)CC1. The Morgan fingerprint density at radius 3 is 2.07 bits per heavy atom. The number of hydrogen-bond acceptors (Lipinski definition) is 2. The molecule has 0 heterocycles. The number of halogens is 1. The molecular formula is C10H19ClO2S. The minimum atomic E-state index is -2.88. The summed E-state index contributed by atoms with van der Waals surface area (Å²) in [4.78, 5) is 0. The summed E-state index contributed by atoms with van der Waals surface area (Å²) >= 11 is 6.05. The van der Waals surface area contributed by atoms with Crippen molar-refractivity contribution in [2.75, 3.05) is 5.75 Å². The normalized spacial score (nSPS) is 22.4. The Morgan fingerprint density at radius 2 is 1.79 bits per heavy atom. The van der Waals surface area contributed by atoms with Crippen LogP contribution in [0.3, 0.4) is 0 Å². The molecule has 2 nitrogen and oxygen atoms in total. The van der Waals surface area contributed by atoms with E-state index in [1.165, 1.54) is 0 Å². The van der Waals surface area contributed by atoms with Crippen LogP contribution in [0, 0.1) is 5.41 Å². The van der Waals surface area contributed by atoms with E-state index in [4.69, 9.17) is 11.6 Å². The molecular weight excluding hydrogens is 220 g/mol. The quantitative estimate of drug-likeness (QED) is 0.690. The fourth-order valence-corrected chi connectivity index (χ4v) is 3.08. The van der Waals surface area contributed by atoms with Crippen LogP contribution < -0.4 is 0 Å². The molecule has 1 fully saturated rings. The highest BCUT2D eigenvalue weighted by atomic mass is 35.5. The third-order valence-corrected chi connectivity index (χ3v) is 6.01. The van der Waals surface area contributed by atoms with Crippen molar-refractivity contribution < 1.29 is 8.42 Å². The van der Waals surface area contributed by atoms with Gasteiger partial charge in [-0.25, -0.2) is 8.42 Å². The highest BCUT2D eigenvalue weighted by Crippen LogP contribution is 2.53. The number of alkyl halides is 1. The molecule has 1 atom stereocenters. The minimum Gasteiger partial charge on any atom is -0.229 e. The second-order valence-corrected chi connectivity index (χ2v) is 7.98. The van der Waals surface area contributed by atoms with E-state index in [-0.39, 0.29) is 16.0 Å². The molecule has 0 aromatic rings. The van der Waals surface area contributed by atoms with Crippen LogP contribution in [0.4, 0.5) is 0 Å². The predicted octanol–water partition coefficient (Wildman–Crippen LogP) is 2.61. The van der Waals surface area contributed by atoms with Crippen LogP contribution in [0.2, 0.25) is 0 Å². The van der Waals surface area contributed by atoms with Crippen LogP contribution >= 0.6 is 11.6 Å². The van der Waals surface area contributed by atoms with Crippen LogP contribution in [-0.2, 0) is 9.84 Å². The van der Waals surface area contributed by atoms with E-state index >= 15 is 0 Å². The molecule has 0 aromatic carbocycles. The lowest BCUT2D eigenvalue weighted by molar-refractivity contribution is 0.476. The number of sulfone groups is 1. The van der Waals surface area contributed by atoms with Gasteiger partial charge in [0.15, 0.2) is 9.84 Å². The molecule has 4 heteroatoms. The van der Waals surface area contributed by atoms with E-state index in [2.05, 4.69) is 0 Å². The third-order valence-electron chi connectivity index (χ3n) is 3.34. The summed E-state index contributed by atoms with van der Waals surface area (Å²) in [5.74, 6) is 0.293. The zero-order chi connectivity index (χ0) is 11.0. The van der Waals surface area contributed by atoms with Crippen LogP contribution in [0.25, 0.3) is 0 Å². The van der Waals surface area contributed by atoms with Gasteiger partial charge in [-0.15, -0.1) is 11.6 Å². The zero-order valence-corrected chi connectivity index (χ0v) is 10.7. The summed E-state index contributed by atoms with van der Waals surface area (Å²) in [6.07, 6.45) is 2.91. The number of hydrogen-bond donors (Lipinski definition) is 0. The molecule has 0 bridgehead atoms. The van der Waals surface area contributed by atoms with Gasteiger partial charge in [-0.3, -0.25) is 0 Å². The lowest BCUT2D eigenvalue weighted by Crippen LogP contribution is -2.23. The Hall–Kier alpha value is 0.240. The van der Waals surface area contributed by atoms with Gasteiger partial charge in [0.2, 0.25) is 0 Å². The molecule has 0 aromatic heterocycles. The first kappa shape index (κ1) is 12.3. The number of rotatable bonds is 5. The summed E-state index contributed by atoms with van der Waals surface area (Å²) in [6, 6.07) is 0. The van der Waals surface area contributed by atoms with Crippen molar-refractivity contribution in [1.82, 2.24) is 0 Å². The zero-order valence-electron chi connectivity index (χ0n) is 9.09. The van der Waals surface area contributed by atoms with E-state index < -0.39 is 9.84 Å². The summed E-state index contributed by atoms with van der Waals surface area (Å²) in [5, 5.41) is -0.159. The minimum absolute atomic E-state index is 0.102. The van der Waals surface area contributed by atoms with Crippen molar-refractivity contribution in [3.63, 3.8) is 0 Å². The molecule has 84 valence electrons. The fourth-order valence-electron chi connectivity index (χ4n) is 1.59. The van der Waals surface area contributed by atoms with Crippen molar-refractivity contribution in [1.29, 1.82) is 0 Å². The third kappa shape index (κ3) is 2.63. The second kappa shape index (κ2) is 4.01. The maximum absolute atomic E-state index is 11.6. The second-order valence-electron chi connectivity index (χ2n) is 4.64. The van der Waals surface area contributed by atoms with Crippen molar-refractivity contribution in [2.24, 2.45) is 5.41 Å². The lowest BCUT2D eigenvalue weighted by atomic mass is 10.0. The van der Waals surface area contributed by atoms with E-state index in [9.17, 15) is 8.42 Å². The van der Waals surface area contributed by atoms with Crippen molar-refractivity contribution >= 4 is 21.4 Å². The molecule has 0 radical (unpaired) electrons. The Bertz CT molecular complexity index is 289. The Kier molecular flexibility index (Phi) is 3.53. The highest BCUT2D eigenvalue weighted by molar-refractivity contribution is 7.91. The van der Waals surface area contributed by atoms with Crippen LogP contribution in [-0.4, -0.2) is 24.8 Å². The highest BCUT2D eigenvalue weighted by Gasteiger charge is 2.46. The van der Waals surface area contributed by atoms with Crippen LogP contribution in [0.15, 0.2) is 0 Å². The summed E-state index contributed by atoms with van der Waals surface area (Å²) < 4.78 is 23.2. The fraction of sp³-hybridized carbons (Fsp3) is 1.00. The Morgan fingerprint density at radius 1 is 1.29 bits per heavy atom. The van der Waals surface area contributed by atoms with E-state index in [1.807, 2.05) is 6.92 Å². The molecule has 1 saturated carbocycles. The summed E-state index contributed by atoms with van der Waals surface area (Å²) in [7, 11) is -2.88. The van der Waals surface area contributed by atoms with Gasteiger partial charge in [-0.05, 0) is 45.4 Å². The molecule has 0 spiro atoms. The van der Waals surface area contributed by atoms with Crippen molar-refractivity contribution in [3.05, 3.63) is 0 Å². The van der Waals surface area contributed by atoms with E-state index in [1.54, 1.807) is 13.8 Å². The monoisotopic (exact) mass is 238 g/mol. The smallest absolute Gasteiger partial charge is 0.152 e. The molecule has 0 aliphatic heterocycles. The summed E-state index contributed by atoms with van der Waals surface area (Å²) in [6.45, 7) is 5.44. The largest absolute Gasteiger partial charge is 0.229 e. The average molecular weight is 239 g/mol. The molecule has 1 aliphatic carbocycles. The van der Waals surface area contributed by atoms with E-state index in [0.29, 0.717) is 5.75 Å². The van der Waals surface area contributed by atoms with E-state index in [0.717, 1.165) is 19.3 Å². The first-order valence-electron chi connectivity index (χ1n) is 5.16. The Balaban J connectivity index is 2.49. The molecule has 1 rings (SSSR count). The molecule has 1 unspecified atom stereocenters. The van der Waals surface area contributed by atoms with Gasteiger partial charge in [0.25, 0.3) is 0 Å². The first-order valence-corrected chi connectivity index (χ1v) is 7.31. The maximum Gasteiger partial charge on any atom is 0.152 e. The topological polar surface area (TPSA) is 34.1 Å². The molecule has 0 N–H and O–H groups in total. The average Bonchev–Trinajstić information content (AvgIpc) is 2.81. The summed E-state index contributed by atoms with van der Waals surface area (Å²) in [5.41, 5.74) is 0.128. The van der Waals surface area contributed by atoms with Crippen molar-refractivity contribution in [2.45, 2.75) is 50.7 Å². The maximum atomic E-state index is 11.6. The van der Waals surface area contributed by atoms with Gasteiger partial charge in [0, 0.05) is 5.38 Å². The van der Waals surface area contributed by atoms with Crippen molar-refractivity contribution in [3.8, 4) is 0 Å². The van der Waals surface area contributed by atoms with Gasteiger partial charge in [-0.2, -0.15) is 0 Å². The Labute approximate surface area is 91.9 Å². The lowest BCUT2D eigenvalue weighted by Gasteiger charge is -2.18. The van der Waals surface area contributed by atoms with Crippen LogP contribution in [0.5, 0.6) is 0 Å². The molecule has 0 amide bonds. The molecule has 14 heavy (non-hydrogen) atoms. The van der Waals surface area contributed by atoms with Crippen LogP contribution in [0.1, 0.15) is 40.0 Å². The van der Waals surface area contributed by atoms with Gasteiger partial charge >= 0.3 is 0 Å². The van der Waals surface area contributed by atoms with Gasteiger partial charge in [-0.1, -0.05) is 0 Å². The standard InChI is InChI=1S/C10H19ClO2S/c1-8(2)14(12,13)7-6-10(4-5-10)9(3)11/h8-9H,4-7H2,1-3H3. The molecule has 1 aliphatic rings. The molecule has 0 saturated heterocycles. The van der Waals surface area contributed by atoms with Gasteiger partial charge in [0.1, 0.15) is 0 Å². The van der Waals surface area contributed by atoms with Gasteiger partial charge < -0.3 is 0 Å². The predicted molar refractivity (Wildman–Crippen MR) is 60.5 cm³/mol.